The van der Waals surface area contributed by atoms with Crippen molar-refractivity contribution < 1.29 is 14.3 Å². The number of hydrogen-bond acceptors (Lipinski definition) is 3. The Morgan fingerprint density at radius 3 is 2.31 bits per heavy atom. The molecule has 0 heterocycles. The molecule has 0 aromatic carbocycles. The van der Waals surface area contributed by atoms with Crippen molar-refractivity contribution in [1.29, 1.82) is 0 Å². The average Bonchev–Trinajstić information content (AvgIpc) is 2.11. The van der Waals surface area contributed by atoms with Crippen molar-refractivity contribution in [2.24, 2.45) is 0 Å². The van der Waals surface area contributed by atoms with Crippen LogP contribution in [-0.4, -0.2) is 37.0 Å². The summed E-state index contributed by atoms with van der Waals surface area (Å²) in [5, 5.41) is 0. The summed E-state index contributed by atoms with van der Waals surface area (Å²) in [5.74, 6) is -0.469. The molecule has 1 amide bonds. The van der Waals surface area contributed by atoms with Crippen LogP contribution in [0, 0.1) is 0 Å². The highest BCUT2D eigenvalue weighted by Gasteiger charge is 2.24. The van der Waals surface area contributed by atoms with Gasteiger partial charge in [0.15, 0.2) is 0 Å². The van der Waals surface area contributed by atoms with E-state index in [-0.39, 0.29) is 11.9 Å². The molecular weight excluding hydrogens is 170 g/mol. The number of methoxy groups -OCH3 is 1. The fraction of sp³-hybridized carbons (Fsp3) is 0.778. The first kappa shape index (κ1) is 11.9. The first-order valence-corrected chi connectivity index (χ1v) is 4.35. The number of nitrogens with zero attached hydrogens (tertiary/aromatic N) is 1. The fourth-order valence-electron chi connectivity index (χ4n) is 1.10. The minimum Gasteiger partial charge on any atom is -0.467 e. The highest BCUT2D eigenvalue weighted by atomic mass is 16.5. The Kier molecular flexibility index (Phi) is 5.11. The molecule has 4 heteroatoms. The Morgan fingerprint density at radius 1 is 1.46 bits per heavy atom. The molecule has 0 unspecified atom stereocenters. The third kappa shape index (κ3) is 3.44. The normalized spacial score (nSPS) is 12.0. The number of hydrogen-bond donors (Lipinski definition) is 0. The maximum Gasteiger partial charge on any atom is 0.328 e. The van der Waals surface area contributed by atoms with Gasteiger partial charge in [0.2, 0.25) is 5.91 Å². The van der Waals surface area contributed by atoms with Gasteiger partial charge in [-0.25, -0.2) is 4.79 Å². The molecule has 0 aromatic rings. The number of ether oxygens (including phenoxy) is 1. The lowest BCUT2D eigenvalue weighted by Gasteiger charge is -2.24. The average molecular weight is 187 g/mol. The van der Waals surface area contributed by atoms with Crippen LogP contribution in [0.3, 0.4) is 0 Å². The van der Waals surface area contributed by atoms with Crippen LogP contribution in [-0.2, 0) is 14.3 Å². The standard InChI is InChI=1S/C9H17NO3/c1-5-6-8(9(12)13-4)10(3)7(2)11/h8H,5-6H2,1-4H3/t8-/m0/s1. The number of amides is 1. The SMILES string of the molecule is CCC[C@@H](C(=O)OC)N(C)C(C)=O. The lowest BCUT2D eigenvalue weighted by atomic mass is 10.1. The quantitative estimate of drug-likeness (QED) is 0.612. The van der Waals surface area contributed by atoms with Crippen LogP contribution in [0.25, 0.3) is 0 Å². The highest BCUT2D eigenvalue weighted by Crippen LogP contribution is 2.06. The van der Waals surface area contributed by atoms with Gasteiger partial charge in [-0.05, 0) is 6.42 Å². The van der Waals surface area contributed by atoms with E-state index in [0.29, 0.717) is 6.42 Å². The van der Waals surface area contributed by atoms with Gasteiger partial charge in [0.05, 0.1) is 7.11 Å². The Labute approximate surface area is 78.9 Å². The van der Waals surface area contributed by atoms with Gasteiger partial charge in [-0.15, -0.1) is 0 Å². The lowest BCUT2D eigenvalue weighted by molar-refractivity contribution is -0.151. The molecule has 0 bridgehead atoms. The van der Waals surface area contributed by atoms with E-state index in [1.807, 2.05) is 6.92 Å². The Hall–Kier alpha value is -1.06. The predicted octanol–water partition coefficient (Wildman–Crippen LogP) is 0.806. The molecule has 0 aliphatic carbocycles. The Morgan fingerprint density at radius 2 is 2.00 bits per heavy atom. The van der Waals surface area contributed by atoms with Gasteiger partial charge in [-0.3, -0.25) is 4.79 Å². The van der Waals surface area contributed by atoms with Gasteiger partial charge in [0, 0.05) is 14.0 Å². The van der Waals surface area contributed by atoms with Crippen molar-refractivity contribution in [2.75, 3.05) is 14.2 Å². The molecule has 13 heavy (non-hydrogen) atoms. The first-order valence-electron chi connectivity index (χ1n) is 4.35. The molecule has 0 aliphatic heterocycles. The lowest BCUT2D eigenvalue weighted by Crippen LogP contribution is -2.41. The zero-order chi connectivity index (χ0) is 10.4. The molecular formula is C9H17NO3. The van der Waals surface area contributed by atoms with E-state index >= 15 is 0 Å². The second-order valence-corrected chi connectivity index (χ2v) is 2.96. The van der Waals surface area contributed by atoms with Crippen molar-refractivity contribution in [2.45, 2.75) is 32.7 Å². The molecule has 76 valence electrons. The van der Waals surface area contributed by atoms with Crippen LogP contribution >= 0.6 is 0 Å². The summed E-state index contributed by atoms with van der Waals surface area (Å²) in [6.07, 6.45) is 1.49. The maximum absolute atomic E-state index is 11.2. The molecule has 4 nitrogen and oxygen atoms in total. The van der Waals surface area contributed by atoms with Crippen LogP contribution in [0.4, 0.5) is 0 Å². The van der Waals surface area contributed by atoms with Crippen LogP contribution < -0.4 is 0 Å². The first-order chi connectivity index (χ1) is 6.04. The highest BCUT2D eigenvalue weighted by molar-refractivity contribution is 5.83. The van der Waals surface area contributed by atoms with Crippen molar-refractivity contribution in [1.82, 2.24) is 4.90 Å². The second kappa shape index (κ2) is 5.56. The van der Waals surface area contributed by atoms with Crippen molar-refractivity contribution in [3.63, 3.8) is 0 Å². The van der Waals surface area contributed by atoms with Crippen LogP contribution in [0.1, 0.15) is 26.7 Å². The van der Waals surface area contributed by atoms with Crippen LogP contribution in [0.5, 0.6) is 0 Å². The van der Waals surface area contributed by atoms with Crippen LogP contribution in [0.15, 0.2) is 0 Å². The molecule has 0 N–H and O–H groups in total. The minimum atomic E-state index is -0.438. The molecule has 0 radical (unpaired) electrons. The zero-order valence-electron chi connectivity index (χ0n) is 8.66. The Bertz CT molecular complexity index is 191. The fourth-order valence-corrected chi connectivity index (χ4v) is 1.10. The monoisotopic (exact) mass is 187 g/mol. The van der Waals surface area contributed by atoms with E-state index in [4.69, 9.17) is 0 Å². The molecule has 0 saturated heterocycles. The molecule has 0 spiro atoms. The van der Waals surface area contributed by atoms with E-state index < -0.39 is 6.04 Å². The number of esters is 1. The predicted molar refractivity (Wildman–Crippen MR) is 49.2 cm³/mol. The van der Waals surface area contributed by atoms with Crippen molar-refractivity contribution in [3.05, 3.63) is 0 Å². The molecule has 0 aromatic heterocycles. The third-order valence-electron chi connectivity index (χ3n) is 2.00. The van der Waals surface area contributed by atoms with Gasteiger partial charge >= 0.3 is 5.97 Å². The molecule has 0 rings (SSSR count). The number of likely N-dealkylation sites (N-methyl/N-ethyl adjacent to an activating group) is 1. The molecule has 0 fully saturated rings. The summed E-state index contributed by atoms with van der Waals surface area (Å²) in [4.78, 5) is 23.6. The molecule has 1 atom stereocenters. The summed E-state index contributed by atoms with van der Waals surface area (Å²) in [6.45, 7) is 3.40. The van der Waals surface area contributed by atoms with Gasteiger partial charge in [-0.1, -0.05) is 13.3 Å². The summed E-state index contributed by atoms with van der Waals surface area (Å²) in [7, 11) is 2.94. The largest absolute Gasteiger partial charge is 0.467 e. The van der Waals surface area contributed by atoms with E-state index in [9.17, 15) is 9.59 Å². The maximum atomic E-state index is 11.2. The summed E-state index contributed by atoms with van der Waals surface area (Å²) in [6, 6.07) is -0.438. The molecule has 0 aliphatic rings. The summed E-state index contributed by atoms with van der Waals surface area (Å²) < 4.78 is 4.60. The summed E-state index contributed by atoms with van der Waals surface area (Å²) >= 11 is 0. The van der Waals surface area contributed by atoms with E-state index in [2.05, 4.69) is 4.74 Å². The number of rotatable bonds is 4. The van der Waals surface area contributed by atoms with Gasteiger partial charge in [0.25, 0.3) is 0 Å². The van der Waals surface area contributed by atoms with Crippen LogP contribution in [0.2, 0.25) is 0 Å². The summed E-state index contributed by atoms with van der Waals surface area (Å²) in [5.41, 5.74) is 0. The minimum absolute atomic E-state index is 0.121. The van der Waals surface area contributed by atoms with Gasteiger partial charge < -0.3 is 9.64 Å². The topological polar surface area (TPSA) is 46.6 Å². The van der Waals surface area contributed by atoms with E-state index in [0.717, 1.165) is 6.42 Å². The van der Waals surface area contributed by atoms with Gasteiger partial charge in [-0.2, -0.15) is 0 Å². The van der Waals surface area contributed by atoms with Gasteiger partial charge in [0.1, 0.15) is 6.04 Å². The molecule has 0 saturated carbocycles. The second-order valence-electron chi connectivity index (χ2n) is 2.96. The van der Waals surface area contributed by atoms with Crippen molar-refractivity contribution >= 4 is 11.9 Å². The number of carbonyl (C=O) groups is 2. The van der Waals surface area contributed by atoms with E-state index in [1.54, 1.807) is 7.05 Å². The van der Waals surface area contributed by atoms with E-state index in [1.165, 1.54) is 18.9 Å². The third-order valence-corrected chi connectivity index (χ3v) is 2.00. The van der Waals surface area contributed by atoms with Crippen molar-refractivity contribution in [3.8, 4) is 0 Å². The Balaban J connectivity index is 4.40. The zero-order valence-corrected chi connectivity index (χ0v) is 8.66. The number of carbonyl (C=O) groups excluding carboxylic acids is 2. The smallest absolute Gasteiger partial charge is 0.328 e.